The largest absolute Gasteiger partial charge is 0.460 e. The summed E-state index contributed by atoms with van der Waals surface area (Å²) in [6.07, 6.45) is -4.83. The number of alkyl halides is 7. The molecule has 0 aliphatic heterocycles. The Kier molecular flexibility index (Phi) is 3.45. The van der Waals surface area contributed by atoms with E-state index in [9.17, 15) is 35.5 Å². The molecule has 0 radical (unpaired) electrons. The van der Waals surface area contributed by atoms with E-state index in [2.05, 4.69) is 19.9 Å². The van der Waals surface area contributed by atoms with Crippen LogP contribution < -0.4 is 5.32 Å². The van der Waals surface area contributed by atoms with Crippen LogP contribution in [0.3, 0.4) is 0 Å². The quantitative estimate of drug-likeness (QED) is 0.844. The van der Waals surface area contributed by atoms with Crippen LogP contribution in [0, 0.1) is 0 Å². The first kappa shape index (κ1) is 15.9. The van der Waals surface area contributed by atoms with Crippen LogP contribution >= 0.6 is 0 Å². The molecule has 0 saturated carbocycles. The summed E-state index contributed by atoms with van der Waals surface area (Å²) in [5, 5.41) is 1.20. The van der Waals surface area contributed by atoms with Crippen molar-refractivity contribution in [3.8, 4) is 0 Å². The summed E-state index contributed by atoms with van der Waals surface area (Å²) >= 11 is 0. The number of rotatable bonds is 3. The molecular weight excluding hydrogens is 327 g/mol. The predicted octanol–water partition coefficient (Wildman–Crippen LogP) is 2.12. The maximum atomic E-state index is 13.2. The molecule has 0 atom stereocenters. The van der Waals surface area contributed by atoms with E-state index in [-0.39, 0.29) is 11.2 Å². The first-order valence-corrected chi connectivity index (χ1v) is 5.26. The van der Waals surface area contributed by atoms with Gasteiger partial charge in [0.15, 0.2) is 11.5 Å². The monoisotopic (exact) mass is 331 g/mol. The van der Waals surface area contributed by atoms with E-state index in [1.54, 1.807) is 0 Å². The fourth-order valence-electron chi connectivity index (χ4n) is 1.37. The maximum absolute atomic E-state index is 13.2. The minimum absolute atomic E-state index is 0.115. The van der Waals surface area contributed by atoms with Crippen molar-refractivity contribution >= 4 is 22.9 Å². The van der Waals surface area contributed by atoms with Crippen molar-refractivity contribution < 1.29 is 35.5 Å². The number of halogens is 7. The summed E-state index contributed by atoms with van der Waals surface area (Å²) in [5.41, 5.74) is -0.335. The van der Waals surface area contributed by atoms with E-state index in [1.165, 1.54) is 5.32 Å². The highest BCUT2D eigenvalue weighted by Gasteiger charge is 2.76. The van der Waals surface area contributed by atoms with Gasteiger partial charge in [0, 0.05) is 0 Å². The van der Waals surface area contributed by atoms with Crippen LogP contribution in [0.2, 0.25) is 0 Å². The SMILES string of the molecule is O=C(Nc1ncnc2nc[nH]c12)C(F)(F)C(F)(F)C(F)(F)F. The molecule has 2 N–H and O–H groups in total. The second-order valence-corrected chi connectivity index (χ2v) is 3.92. The number of H-pyrrole nitrogens is 1. The van der Waals surface area contributed by atoms with Crippen LogP contribution in [0.15, 0.2) is 12.7 Å². The third-order valence-corrected chi connectivity index (χ3v) is 2.49. The van der Waals surface area contributed by atoms with Crippen LogP contribution in [-0.2, 0) is 4.79 Å². The number of anilines is 1. The molecule has 0 bridgehead atoms. The number of hydrogen-bond acceptors (Lipinski definition) is 4. The minimum atomic E-state index is -6.61. The Balaban J connectivity index is 2.34. The van der Waals surface area contributed by atoms with Gasteiger partial charge in [0.25, 0.3) is 0 Å². The van der Waals surface area contributed by atoms with Crippen molar-refractivity contribution in [2.24, 2.45) is 0 Å². The normalized spacial score (nSPS) is 13.4. The molecule has 0 aromatic carbocycles. The summed E-state index contributed by atoms with van der Waals surface area (Å²) < 4.78 is 87.7. The molecule has 0 spiro atoms. The average molecular weight is 331 g/mol. The molecule has 0 aliphatic carbocycles. The van der Waals surface area contributed by atoms with Crippen LogP contribution in [0.5, 0.6) is 0 Å². The number of nitrogens with zero attached hydrogens (tertiary/aromatic N) is 3. The number of fused-ring (bicyclic) bond motifs is 1. The highest BCUT2D eigenvalue weighted by Crippen LogP contribution is 2.46. The van der Waals surface area contributed by atoms with Crippen molar-refractivity contribution in [2.75, 3.05) is 5.32 Å². The van der Waals surface area contributed by atoms with Gasteiger partial charge in [0.1, 0.15) is 11.8 Å². The summed E-state index contributed by atoms with van der Waals surface area (Å²) in [6, 6.07) is 0. The molecule has 2 heterocycles. The van der Waals surface area contributed by atoms with E-state index < -0.39 is 29.7 Å². The summed E-state index contributed by atoms with van der Waals surface area (Å²) in [6.45, 7) is 0. The van der Waals surface area contributed by atoms with Gasteiger partial charge in [-0.1, -0.05) is 0 Å². The minimum Gasteiger partial charge on any atom is -0.340 e. The third kappa shape index (κ3) is 2.31. The molecule has 0 unspecified atom stereocenters. The van der Waals surface area contributed by atoms with Crippen molar-refractivity contribution in [2.45, 2.75) is 18.0 Å². The number of amides is 1. The fourth-order valence-corrected chi connectivity index (χ4v) is 1.37. The lowest BCUT2D eigenvalue weighted by Crippen LogP contribution is -2.57. The standard InChI is InChI=1S/C9H4F7N5O/c10-7(11,8(12,13)9(14,15)16)6(22)21-5-3-4(18-1-17-3)19-2-20-5/h1-2H,(H2,17,18,19,20,21,22). The van der Waals surface area contributed by atoms with Gasteiger partial charge in [0.2, 0.25) is 0 Å². The summed E-state index contributed by atoms with van der Waals surface area (Å²) in [7, 11) is 0. The number of nitrogens with one attached hydrogen (secondary N) is 2. The fraction of sp³-hybridized carbons (Fsp3) is 0.333. The Bertz CT molecular complexity index is 710. The van der Waals surface area contributed by atoms with E-state index in [0.29, 0.717) is 0 Å². The summed E-state index contributed by atoms with van der Waals surface area (Å²) in [5.74, 6) is -16.2. The average Bonchev–Trinajstić information content (AvgIpc) is 2.86. The molecule has 120 valence electrons. The maximum Gasteiger partial charge on any atom is 0.460 e. The van der Waals surface area contributed by atoms with Crippen molar-refractivity contribution in [1.29, 1.82) is 0 Å². The van der Waals surface area contributed by atoms with Gasteiger partial charge in [-0.25, -0.2) is 15.0 Å². The molecule has 13 heteroatoms. The van der Waals surface area contributed by atoms with E-state index in [0.717, 1.165) is 12.7 Å². The molecule has 1 amide bonds. The van der Waals surface area contributed by atoms with Crippen molar-refractivity contribution in [1.82, 2.24) is 19.9 Å². The molecule has 2 aromatic rings. The summed E-state index contributed by atoms with van der Waals surface area (Å²) in [4.78, 5) is 23.9. The topological polar surface area (TPSA) is 83.6 Å². The van der Waals surface area contributed by atoms with Gasteiger partial charge >= 0.3 is 23.9 Å². The van der Waals surface area contributed by atoms with Crippen LogP contribution in [0.4, 0.5) is 36.6 Å². The molecule has 2 rings (SSSR count). The molecule has 0 saturated heterocycles. The van der Waals surface area contributed by atoms with Gasteiger partial charge in [-0.3, -0.25) is 4.79 Å². The lowest BCUT2D eigenvalue weighted by molar-refractivity contribution is -0.343. The highest BCUT2D eigenvalue weighted by molar-refractivity contribution is 6.00. The van der Waals surface area contributed by atoms with E-state index in [4.69, 9.17) is 0 Å². The number of carbonyl (C=O) groups excluding carboxylic acids is 1. The first-order chi connectivity index (χ1) is 9.98. The lowest BCUT2D eigenvalue weighted by atomic mass is 10.1. The van der Waals surface area contributed by atoms with Crippen LogP contribution in [0.1, 0.15) is 0 Å². The van der Waals surface area contributed by atoms with Crippen molar-refractivity contribution in [3.63, 3.8) is 0 Å². The van der Waals surface area contributed by atoms with Gasteiger partial charge in [-0.2, -0.15) is 30.7 Å². The Labute approximate surface area is 115 Å². The second kappa shape index (κ2) is 4.78. The lowest BCUT2D eigenvalue weighted by Gasteiger charge is -2.26. The highest BCUT2D eigenvalue weighted by atomic mass is 19.4. The zero-order chi connectivity index (χ0) is 16.8. The molecule has 0 aliphatic rings. The number of hydrogen-bond donors (Lipinski definition) is 2. The Morgan fingerprint density at radius 1 is 1.05 bits per heavy atom. The second-order valence-electron chi connectivity index (χ2n) is 3.92. The number of aromatic amines is 1. The molecule has 22 heavy (non-hydrogen) atoms. The van der Waals surface area contributed by atoms with Crippen LogP contribution in [-0.4, -0.2) is 43.9 Å². The molecule has 0 fully saturated rings. The number of aromatic nitrogens is 4. The van der Waals surface area contributed by atoms with Gasteiger partial charge in [-0.05, 0) is 0 Å². The number of carbonyl (C=O) groups is 1. The number of imidazole rings is 1. The molecule has 2 aromatic heterocycles. The zero-order valence-electron chi connectivity index (χ0n) is 10.1. The Morgan fingerprint density at radius 3 is 2.27 bits per heavy atom. The molecular formula is C9H4F7N5O. The Hall–Kier alpha value is -2.47. The van der Waals surface area contributed by atoms with Gasteiger partial charge in [-0.15, -0.1) is 0 Å². The third-order valence-electron chi connectivity index (χ3n) is 2.49. The van der Waals surface area contributed by atoms with Gasteiger partial charge < -0.3 is 10.3 Å². The van der Waals surface area contributed by atoms with Gasteiger partial charge in [0.05, 0.1) is 6.33 Å². The van der Waals surface area contributed by atoms with E-state index in [1.807, 2.05) is 0 Å². The first-order valence-electron chi connectivity index (χ1n) is 5.26. The van der Waals surface area contributed by atoms with Crippen molar-refractivity contribution in [3.05, 3.63) is 12.7 Å². The molecule has 6 nitrogen and oxygen atoms in total. The van der Waals surface area contributed by atoms with Crippen LogP contribution in [0.25, 0.3) is 11.2 Å². The van der Waals surface area contributed by atoms with E-state index >= 15 is 0 Å². The smallest absolute Gasteiger partial charge is 0.340 e. The Morgan fingerprint density at radius 2 is 1.68 bits per heavy atom. The zero-order valence-corrected chi connectivity index (χ0v) is 10.1. The predicted molar refractivity (Wildman–Crippen MR) is 56.3 cm³/mol.